The van der Waals surface area contributed by atoms with Crippen molar-refractivity contribution in [1.29, 1.82) is 0 Å². The van der Waals surface area contributed by atoms with E-state index in [2.05, 4.69) is 10.6 Å². The van der Waals surface area contributed by atoms with Gasteiger partial charge in [0.15, 0.2) is 10.7 Å². The molecule has 3 N–H and O–H groups in total. The van der Waals surface area contributed by atoms with Gasteiger partial charge in [0.1, 0.15) is 0 Å². The molecule has 0 aromatic heterocycles. The Labute approximate surface area is 69.3 Å². The van der Waals surface area contributed by atoms with E-state index in [1.165, 1.54) is 12.3 Å². The molecule has 1 heterocycles. The topological polar surface area (TPSA) is 61.4 Å². The number of carboxylic acid groups (broad SMARTS) is 1. The van der Waals surface area contributed by atoms with Crippen LogP contribution in [0.5, 0.6) is 0 Å². The molecule has 60 valence electrons. The zero-order chi connectivity index (χ0) is 8.48. The minimum absolute atomic E-state index is 0.331. The fourth-order valence-electron chi connectivity index (χ4n) is 0.722. The smallest absolute Gasteiger partial charge is 0.333 e. The van der Waals surface area contributed by atoms with Crippen molar-refractivity contribution >= 4 is 23.3 Å². The average Bonchev–Trinajstić information content (AvgIpc) is 1.86. The maximum Gasteiger partial charge on any atom is 0.333 e. The Morgan fingerprint density at radius 2 is 2.45 bits per heavy atom. The number of hydrogen-bond donors (Lipinski definition) is 3. The van der Waals surface area contributed by atoms with E-state index in [4.69, 9.17) is 17.3 Å². The van der Waals surface area contributed by atoms with Crippen molar-refractivity contribution in [2.24, 2.45) is 0 Å². The second-order valence-electron chi connectivity index (χ2n) is 2.44. The van der Waals surface area contributed by atoms with Crippen LogP contribution in [-0.2, 0) is 4.79 Å². The zero-order valence-electron chi connectivity index (χ0n) is 5.92. The summed E-state index contributed by atoms with van der Waals surface area (Å²) in [6, 6.07) is 0. The lowest BCUT2D eigenvalue weighted by Crippen LogP contribution is -2.55. The largest absolute Gasteiger partial charge is 0.479 e. The highest BCUT2D eigenvalue weighted by molar-refractivity contribution is 7.80. The zero-order valence-corrected chi connectivity index (χ0v) is 6.73. The van der Waals surface area contributed by atoms with E-state index in [9.17, 15) is 4.79 Å². The lowest BCUT2D eigenvalue weighted by atomic mass is 10.0. The third-order valence-electron chi connectivity index (χ3n) is 1.45. The summed E-state index contributed by atoms with van der Waals surface area (Å²) in [5.41, 5.74) is -1.07. The minimum Gasteiger partial charge on any atom is -0.479 e. The number of aliphatic carboxylic acids is 1. The fraction of sp³-hybridized carbons (Fsp3) is 0.333. The molecular weight excluding hydrogens is 164 g/mol. The molecule has 0 fully saturated rings. The normalized spacial score (nSPS) is 29.0. The number of rotatable bonds is 1. The molecule has 0 aliphatic carbocycles. The van der Waals surface area contributed by atoms with Gasteiger partial charge in [-0.3, -0.25) is 0 Å². The summed E-state index contributed by atoms with van der Waals surface area (Å²) in [5, 5.41) is 14.3. The van der Waals surface area contributed by atoms with Crippen molar-refractivity contribution in [3.05, 3.63) is 12.3 Å². The van der Waals surface area contributed by atoms with Crippen molar-refractivity contribution in [3.63, 3.8) is 0 Å². The number of carboxylic acids is 1. The van der Waals surface area contributed by atoms with Gasteiger partial charge in [0.05, 0.1) is 0 Å². The molecule has 0 saturated carbocycles. The third kappa shape index (κ3) is 1.48. The quantitative estimate of drug-likeness (QED) is 0.479. The van der Waals surface area contributed by atoms with Gasteiger partial charge >= 0.3 is 5.97 Å². The van der Waals surface area contributed by atoms with Crippen LogP contribution in [0.1, 0.15) is 6.92 Å². The summed E-state index contributed by atoms with van der Waals surface area (Å²) in [4.78, 5) is 10.6. The lowest BCUT2D eigenvalue weighted by molar-refractivity contribution is -0.141. The number of nitrogens with one attached hydrogen (secondary N) is 2. The molecule has 1 unspecified atom stereocenters. The molecule has 0 spiro atoms. The van der Waals surface area contributed by atoms with Gasteiger partial charge < -0.3 is 15.7 Å². The Balaban J connectivity index is 2.87. The Morgan fingerprint density at radius 1 is 1.82 bits per heavy atom. The highest BCUT2D eigenvalue weighted by atomic mass is 32.1. The van der Waals surface area contributed by atoms with Gasteiger partial charge in [-0.15, -0.1) is 0 Å². The monoisotopic (exact) mass is 172 g/mol. The fourth-order valence-corrected chi connectivity index (χ4v) is 1.00. The second kappa shape index (κ2) is 2.50. The summed E-state index contributed by atoms with van der Waals surface area (Å²) < 4.78 is 0. The number of carbonyl (C=O) groups is 1. The molecule has 0 aromatic carbocycles. The summed E-state index contributed by atoms with van der Waals surface area (Å²) in [7, 11) is 0. The summed E-state index contributed by atoms with van der Waals surface area (Å²) in [5.74, 6) is -0.947. The first-order valence-corrected chi connectivity index (χ1v) is 3.45. The van der Waals surface area contributed by atoms with Gasteiger partial charge in [0, 0.05) is 6.20 Å². The molecule has 1 aliphatic heterocycles. The Kier molecular flexibility index (Phi) is 1.82. The van der Waals surface area contributed by atoms with Crippen molar-refractivity contribution in [2.45, 2.75) is 12.5 Å². The van der Waals surface area contributed by atoms with Gasteiger partial charge in [0.2, 0.25) is 0 Å². The molecule has 1 atom stereocenters. The molecule has 5 heteroatoms. The van der Waals surface area contributed by atoms with Gasteiger partial charge in [0.25, 0.3) is 0 Å². The van der Waals surface area contributed by atoms with Crippen molar-refractivity contribution in [1.82, 2.24) is 10.6 Å². The summed E-state index contributed by atoms with van der Waals surface area (Å²) >= 11 is 4.74. The maximum absolute atomic E-state index is 10.6. The van der Waals surface area contributed by atoms with Gasteiger partial charge in [-0.1, -0.05) is 0 Å². The first-order valence-electron chi connectivity index (χ1n) is 3.04. The second-order valence-corrected chi connectivity index (χ2v) is 2.85. The lowest BCUT2D eigenvalue weighted by Gasteiger charge is -2.27. The minimum atomic E-state index is -1.07. The molecule has 0 aromatic rings. The van der Waals surface area contributed by atoms with Crippen LogP contribution in [0.15, 0.2) is 12.3 Å². The van der Waals surface area contributed by atoms with E-state index >= 15 is 0 Å². The van der Waals surface area contributed by atoms with Crippen molar-refractivity contribution in [2.75, 3.05) is 0 Å². The van der Waals surface area contributed by atoms with Crippen molar-refractivity contribution < 1.29 is 9.90 Å². The van der Waals surface area contributed by atoms with Crippen LogP contribution in [0.3, 0.4) is 0 Å². The van der Waals surface area contributed by atoms with Crippen LogP contribution in [0.2, 0.25) is 0 Å². The van der Waals surface area contributed by atoms with E-state index in [1.807, 2.05) is 0 Å². The average molecular weight is 172 g/mol. The molecule has 1 aliphatic rings. The standard InChI is InChI=1S/C6H8N2O2S/c1-6(4(9)10)2-3-7-5(11)8-6/h2-3H,1H3,(H,9,10)(H2,7,8,11). The number of hydrogen-bond acceptors (Lipinski definition) is 2. The highest BCUT2D eigenvalue weighted by Crippen LogP contribution is 2.08. The SMILES string of the molecule is CC1(C(=O)O)C=CNC(=S)N1. The van der Waals surface area contributed by atoms with Crippen LogP contribution < -0.4 is 10.6 Å². The summed E-state index contributed by atoms with van der Waals surface area (Å²) in [6.45, 7) is 1.54. The Morgan fingerprint density at radius 3 is 2.82 bits per heavy atom. The number of thiocarbonyl (C=S) groups is 1. The van der Waals surface area contributed by atoms with Gasteiger partial charge in [-0.25, -0.2) is 4.79 Å². The highest BCUT2D eigenvalue weighted by Gasteiger charge is 2.32. The van der Waals surface area contributed by atoms with E-state index < -0.39 is 11.5 Å². The first kappa shape index (κ1) is 8.00. The van der Waals surface area contributed by atoms with Gasteiger partial charge in [-0.2, -0.15) is 0 Å². The third-order valence-corrected chi connectivity index (χ3v) is 1.67. The van der Waals surface area contributed by atoms with Gasteiger partial charge in [-0.05, 0) is 25.2 Å². The molecule has 0 saturated heterocycles. The van der Waals surface area contributed by atoms with E-state index in [0.29, 0.717) is 5.11 Å². The van der Waals surface area contributed by atoms with Crippen LogP contribution in [0.25, 0.3) is 0 Å². The van der Waals surface area contributed by atoms with Crippen LogP contribution in [0, 0.1) is 0 Å². The first-order chi connectivity index (χ1) is 5.04. The molecule has 0 radical (unpaired) electrons. The van der Waals surface area contributed by atoms with E-state index in [1.54, 1.807) is 6.92 Å². The van der Waals surface area contributed by atoms with E-state index in [0.717, 1.165) is 0 Å². The predicted octanol–water partition coefficient (Wildman–Crippen LogP) is -0.179. The van der Waals surface area contributed by atoms with Crippen molar-refractivity contribution in [3.8, 4) is 0 Å². The van der Waals surface area contributed by atoms with E-state index in [-0.39, 0.29) is 0 Å². The molecule has 0 amide bonds. The molecule has 1 rings (SSSR count). The Bertz CT molecular complexity index is 239. The van der Waals surface area contributed by atoms with Crippen LogP contribution >= 0.6 is 12.2 Å². The molecule has 0 bridgehead atoms. The van der Waals surface area contributed by atoms with Crippen LogP contribution in [0.4, 0.5) is 0 Å². The molecule has 4 nitrogen and oxygen atoms in total. The van der Waals surface area contributed by atoms with Crippen LogP contribution in [-0.4, -0.2) is 21.7 Å². The predicted molar refractivity (Wildman–Crippen MR) is 44.1 cm³/mol. The molecule has 11 heavy (non-hydrogen) atoms. The summed E-state index contributed by atoms with van der Waals surface area (Å²) in [6.07, 6.45) is 3.03. The Hall–Kier alpha value is -1.10. The maximum atomic E-state index is 10.6. The molecular formula is C6H8N2O2S.